The maximum absolute atomic E-state index is 12.4. The van der Waals surface area contributed by atoms with Crippen LogP contribution in [0.4, 0.5) is 11.4 Å². The molecule has 4 N–H and O–H groups in total. The Kier molecular flexibility index (Phi) is 5.62. The van der Waals surface area contributed by atoms with Crippen LogP contribution in [-0.2, 0) is 10.4 Å². The molecule has 0 bridgehead atoms. The molecular formula is C22H18BrN3O5. The molecule has 0 saturated heterocycles. The number of rotatable bonds is 6. The van der Waals surface area contributed by atoms with Crippen LogP contribution in [0.25, 0.3) is 0 Å². The van der Waals surface area contributed by atoms with E-state index in [2.05, 4.69) is 31.9 Å². The molecule has 0 radical (unpaired) electrons. The monoisotopic (exact) mass is 483 g/mol. The smallest absolute Gasteiger partial charge is 0.291 e. The first-order valence-electron chi connectivity index (χ1n) is 9.45. The molecule has 0 spiro atoms. The lowest BCUT2D eigenvalue weighted by atomic mass is 9.92. The number of anilines is 2. The Morgan fingerprint density at radius 2 is 1.77 bits per heavy atom. The Balaban J connectivity index is 1.33. The van der Waals surface area contributed by atoms with E-state index < -0.39 is 17.4 Å². The van der Waals surface area contributed by atoms with E-state index in [1.807, 2.05) is 0 Å². The zero-order valence-corrected chi connectivity index (χ0v) is 17.7. The van der Waals surface area contributed by atoms with Gasteiger partial charge in [-0.2, -0.15) is 0 Å². The summed E-state index contributed by atoms with van der Waals surface area (Å²) in [5.41, 5.74) is 0.266. The second-order valence-corrected chi connectivity index (χ2v) is 7.78. The van der Waals surface area contributed by atoms with Gasteiger partial charge in [0.15, 0.2) is 16.0 Å². The Morgan fingerprint density at radius 1 is 1.03 bits per heavy atom. The molecule has 2 aromatic carbocycles. The minimum absolute atomic E-state index is 0.0361. The highest BCUT2D eigenvalue weighted by Gasteiger charge is 2.44. The highest BCUT2D eigenvalue weighted by atomic mass is 79.9. The molecule has 0 saturated carbocycles. The maximum Gasteiger partial charge on any atom is 0.291 e. The van der Waals surface area contributed by atoms with Gasteiger partial charge in [0.2, 0.25) is 0 Å². The van der Waals surface area contributed by atoms with E-state index in [0.29, 0.717) is 27.2 Å². The number of hydrogen-bond donors (Lipinski definition) is 4. The first-order valence-corrected chi connectivity index (χ1v) is 10.2. The highest BCUT2D eigenvalue weighted by Crippen LogP contribution is 2.37. The van der Waals surface area contributed by atoms with E-state index in [9.17, 15) is 19.5 Å². The van der Waals surface area contributed by atoms with Crippen molar-refractivity contribution >= 4 is 45.0 Å². The number of carbonyl (C=O) groups is 3. The molecule has 3 aromatic rings. The first-order chi connectivity index (χ1) is 14.9. The largest absolute Gasteiger partial charge is 0.444 e. The molecule has 158 valence electrons. The number of furan rings is 1. The topological polar surface area (TPSA) is 121 Å². The summed E-state index contributed by atoms with van der Waals surface area (Å²) in [6.07, 6.45) is 0.0361. The summed E-state index contributed by atoms with van der Waals surface area (Å²) < 4.78 is 5.65. The van der Waals surface area contributed by atoms with Gasteiger partial charge in [-0.05, 0) is 58.4 Å². The molecule has 1 aliphatic heterocycles. The van der Waals surface area contributed by atoms with Crippen molar-refractivity contribution in [1.29, 1.82) is 0 Å². The SMILES string of the molecule is O=C(NCCC1(O)C(=O)Nc2ccccc21)c1ccc(NC(=O)c2ccc(Br)o2)cc1. The number of fused-ring (bicyclic) bond motifs is 1. The van der Waals surface area contributed by atoms with Crippen LogP contribution in [0.1, 0.15) is 32.9 Å². The highest BCUT2D eigenvalue weighted by molar-refractivity contribution is 9.10. The summed E-state index contributed by atoms with van der Waals surface area (Å²) in [5.74, 6) is -1.12. The molecule has 1 unspecified atom stereocenters. The lowest BCUT2D eigenvalue weighted by Crippen LogP contribution is -2.38. The van der Waals surface area contributed by atoms with E-state index in [4.69, 9.17) is 4.42 Å². The minimum Gasteiger partial charge on any atom is -0.444 e. The van der Waals surface area contributed by atoms with Gasteiger partial charge in [-0.25, -0.2) is 0 Å². The fourth-order valence-electron chi connectivity index (χ4n) is 3.34. The Morgan fingerprint density at radius 3 is 2.48 bits per heavy atom. The van der Waals surface area contributed by atoms with Crippen molar-refractivity contribution in [1.82, 2.24) is 5.32 Å². The normalized spacial score (nSPS) is 17.0. The summed E-state index contributed by atoms with van der Waals surface area (Å²) >= 11 is 3.14. The van der Waals surface area contributed by atoms with Gasteiger partial charge in [-0.3, -0.25) is 14.4 Å². The maximum atomic E-state index is 12.4. The lowest BCUT2D eigenvalue weighted by molar-refractivity contribution is -0.134. The molecule has 9 heteroatoms. The van der Waals surface area contributed by atoms with Crippen molar-refractivity contribution in [2.75, 3.05) is 17.2 Å². The number of para-hydroxylation sites is 1. The molecule has 31 heavy (non-hydrogen) atoms. The van der Waals surface area contributed by atoms with Crippen LogP contribution in [0.3, 0.4) is 0 Å². The number of amides is 3. The zero-order valence-electron chi connectivity index (χ0n) is 16.1. The van der Waals surface area contributed by atoms with Crippen molar-refractivity contribution < 1.29 is 23.9 Å². The van der Waals surface area contributed by atoms with Crippen LogP contribution in [0, 0.1) is 0 Å². The van der Waals surface area contributed by atoms with Crippen LogP contribution in [0.2, 0.25) is 0 Å². The second kappa shape index (κ2) is 8.37. The fraction of sp³-hybridized carbons (Fsp3) is 0.136. The molecule has 8 nitrogen and oxygen atoms in total. The third kappa shape index (κ3) is 4.23. The molecule has 1 aliphatic rings. The molecule has 1 atom stereocenters. The van der Waals surface area contributed by atoms with Gasteiger partial charge >= 0.3 is 0 Å². The average Bonchev–Trinajstić information content (AvgIpc) is 3.30. The van der Waals surface area contributed by atoms with Gasteiger partial charge in [0.05, 0.1) is 0 Å². The van der Waals surface area contributed by atoms with E-state index in [-0.39, 0.29) is 24.6 Å². The summed E-state index contributed by atoms with van der Waals surface area (Å²) in [7, 11) is 0. The molecule has 0 aliphatic carbocycles. The van der Waals surface area contributed by atoms with E-state index >= 15 is 0 Å². The van der Waals surface area contributed by atoms with Crippen LogP contribution in [0.5, 0.6) is 0 Å². The van der Waals surface area contributed by atoms with E-state index in [0.717, 1.165) is 0 Å². The standard InChI is InChI=1S/C22H18BrN3O5/c23-18-10-9-17(31-18)20(28)25-14-7-5-13(6-8-14)19(27)24-12-11-22(30)15-3-1-2-4-16(15)26-21(22)29/h1-10,30H,11-12H2,(H,24,27)(H,25,28)(H,26,29). The average molecular weight is 484 g/mol. The number of nitrogens with one attached hydrogen (secondary N) is 3. The van der Waals surface area contributed by atoms with Gasteiger partial charge in [0.1, 0.15) is 0 Å². The van der Waals surface area contributed by atoms with Crippen molar-refractivity contribution in [2.24, 2.45) is 0 Å². The molecule has 0 fully saturated rings. The van der Waals surface area contributed by atoms with Crippen molar-refractivity contribution in [2.45, 2.75) is 12.0 Å². The molecule has 2 heterocycles. The summed E-state index contributed by atoms with van der Waals surface area (Å²) in [4.78, 5) is 36.7. The Hall–Kier alpha value is -3.43. The van der Waals surface area contributed by atoms with Crippen LogP contribution >= 0.6 is 15.9 Å². The van der Waals surface area contributed by atoms with Gasteiger partial charge in [-0.1, -0.05) is 18.2 Å². The predicted octanol–water partition coefficient (Wildman–Crippen LogP) is 3.25. The number of halogens is 1. The third-order valence-corrected chi connectivity index (χ3v) is 5.40. The van der Waals surface area contributed by atoms with Crippen LogP contribution in [0.15, 0.2) is 69.8 Å². The number of carbonyl (C=O) groups excluding carboxylic acids is 3. The third-order valence-electron chi connectivity index (χ3n) is 4.97. The van der Waals surface area contributed by atoms with Crippen molar-refractivity contribution in [3.63, 3.8) is 0 Å². The Labute approximate surface area is 185 Å². The van der Waals surface area contributed by atoms with Crippen LogP contribution < -0.4 is 16.0 Å². The molecule has 3 amide bonds. The summed E-state index contributed by atoms with van der Waals surface area (Å²) in [5, 5.41) is 18.8. The van der Waals surface area contributed by atoms with Gasteiger partial charge in [0, 0.05) is 35.5 Å². The predicted molar refractivity (Wildman–Crippen MR) is 117 cm³/mol. The lowest BCUT2D eigenvalue weighted by Gasteiger charge is -2.21. The second-order valence-electron chi connectivity index (χ2n) is 7.00. The van der Waals surface area contributed by atoms with Gasteiger partial charge in [-0.15, -0.1) is 0 Å². The van der Waals surface area contributed by atoms with Crippen molar-refractivity contribution in [3.8, 4) is 0 Å². The van der Waals surface area contributed by atoms with E-state index in [1.165, 1.54) is 6.07 Å². The number of hydrogen-bond acceptors (Lipinski definition) is 5. The number of aliphatic hydroxyl groups is 1. The summed E-state index contributed by atoms with van der Waals surface area (Å²) in [6.45, 7) is 0.100. The van der Waals surface area contributed by atoms with E-state index in [1.54, 1.807) is 54.6 Å². The quantitative estimate of drug-likeness (QED) is 0.428. The fourth-order valence-corrected chi connectivity index (χ4v) is 3.65. The molecule has 1 aromatic heterocycles. The minimum atomic E-state index is -1.68. The summed E-state index contributed by atoms with van der Waals surface area (Å²) in [6, 6.07) is 16.4. The zero-order chi connectivity index (χ0) is 22.0. The van der Waals surface area contributed by atoms with Crippen LogP contribution in [-0.4, -0.2) is 29.4 Å². The number of benzene rings is 2. The Bertz CT molecular complexity index is 1160. The van der Waals surface area contributed by atoms with Gasteiger partial charge < -0.3 is 25.5 Å². The van der Waals surface area contributed by atoms with Gasteiger partial charge in [0.25, 0.3) is 17.7 Å². The molecule has 4 rings (SSSR count). The van der Waals surface area contributed by atoms with Crippen molar-refractivity contribution in [3.05, 3.63) is 82.2 Å². The molecular weight excluding hydrogens is 466 g/mol. The first kappa shape index (κ1) is 20.8.